The van der Waals surface area contributed by atoms with Crippen molar-refractivity contribution in [2.24, 2.45) is 0 Å². The zero-order valence-electron chi connectivity index (χ0n) is 18.3. The van der Waals surface area contributed by atoms with Crippen molar-refractivity contribution in [1.82, 2.24) is 0 Å². The number of hydrogen-bond donors (Lipinski definition) is 0. The summed E-state index contributed by atoms with van der Waals surface area (Å²) in [5, 5.41) is 0. The average Bonchev–Trinajstić information content (AvgIpc) is 3.03. The van der Waals surface area contributed by atoms with Crippen LogP contribution in [-0.4, -0.2) is 19.0 Å². The molecule has 0 radical (unpaired) electrons. The molecular weight excluding hydrogens is 376 g/mol. The molecule has 4 heteroatoms. The van der Waals surface area contributed by atoms with Gasteiger partial charge in [-0.2, -0.15) is 0 Å². The number of rotatable bonds is 10. The Morgan fingerprint density at radius 3 is 2.07 bits per heavy atom. The zero-order chi connectivity index (χ0) is 21.5. The number of ether oxygens (including phenoxy) is 2. The summed E-state index contributed by atoms with van der Waals surface area (Å²) in [5.41, 5.74) is 3.16. The van der Waals surface area contributed by atoms with Crippen molar-refractivity contribution in [2.45, 2.75) is 47.0 Å². The van der Waals surface area contributed by atoms with E-state index in [-0.39, 0.29) is 5.78 Å². The van der Waals surface area contributed by atoms with Gasteiger partial charge in [0.1, 0.15) is 23.0 Å². The summed E-state index contributed by atoms with van der Waals surface area (Å²) >= 11 is 0. The fourth-order valence-electron chi connectivity index (χ4n) is 3.35. The summed E-state index contributed by atoms with van der Waals surface area (Å²) in [6.45, 7) is 9.12. The molecule has 3 rings (SSSR count). The lowest BCUT2D eigenvalue weighted by Crippen LogP contribution is -2.07. The van der Waals surface area contributed by atoms with E-state index in [0.29, 0.717) is 48.0 Å². The van der Waals surface area contributed by atoms with E-state index in [1.807, 2.05) is 50.2 Å². The van der Waals surface area contributed by atoms with Crippen LogP contribution < -0.4 is 9.47 Å². The molecule has 0 aliphatic rings. The van der Waals surface area contributed by atoms with Gasteiger partial charge in [-0.1, -0.05) is 44.2 Å². The van der Waals surface area contributed by atoms with Gasteiger partial charge in [0.15, 0.2) is 5.78 Å². The van der Waals surface area contributed by atoms with Crippen LogP contribution in [0.2, 0.25) is 0 Å². The number of carbonyl (C=O) groups is 1. The Hall–Kier alpha value is -3.01. The highest BCUT2D eigenvalue weighted by Crippen LogP contribution is 2.30. The second-order valence-corrected chi connectivity index (χ2v) is 7.46. The van der Waals surface area contributed by atoms with Gasteiger partial charge in [-0.3, -0.25) is 4.79 Å². The third-order valence-corrected chi connectivity index (χ3v) is 4.98. The minimum Gasteiger partial charge on any atom is -0.493 e. The molecule has 1 aromatic heterocycles. The van der Waals surface area contributed by atoms with Crippen LogP contribution >= 0.6 is 0 Å². The first kappa shape index (κ1) is 21.7. The number of aryl methyl sites for hydroxylation is 1. The second-order valence-electron chi connectivity index (χ2n) is 7.46. The number of hydrogen-bond acceptors (Lipinski definition) is 4. The summed E-state index contributed by atoms with van der Waals surface area (Å²) in [6.07, 6.45) is 2.36. The van der Waals surface area contributed by atoms with Crippen molar-refractivity contribution in [2.75, 3.05) is 13.2 Å². The molecule has 0 aliphatic carbocycles. The largest absolute Gasteiger partial charge is 0.493 e. The molecule has 0 amide bonds. The Bertz CT molecular complexity index is 960. The van der Waals surface area contributed by atoms with Gasteiger partial charge in [-0.05, 0) is 44.4 Å². The van der Waals surface area contributed by atoms with Crippen molar-refractivity contribution in [1.29, 1.82) is 0 Å². The van der Waals surface area contributed by atoms with E-state index in [4.69, 9.17) is 13.9 Å². The van der Waals surface area contributed by atoms with Gasteiger partial charge in [0.2, 0.25) is 0 Å². The maximum Gasteiger partial charge on any atom is 0.197 e. The molecule has 0 atom stereocenters. The van der Waals surface area contributed by atoms with Crippen LogP contribution in [0.15, 0.2) is 52.9 Å². The van der Waals surface area contributed by atoms with Gasteiger partial charge in [0, 0.05) is 23.6 Å². The summed E-state index contributed by atoms with van der Waals surface area (Å²) < 4.78 is 17.6. The van der Waals surface area contributed by atoms with E-state index in [2.05, 4.69) is 13.8 Å². The Balaban J connectivity index is 1.99. The topological polar surface area (TPSA) is 48.7 Å². The van der Waals surface area contributed by atoms with Gasteiger partial charge in [0.05, 0.1) is 18.8 Å². The molecule has 4 nitrogen and oxygen atoms in total. The predicted molar refractivity (Wildman–Crippen MR) is 119 cm³/mol. The molecule has 0 N–H and O–H groups in total. The van der Waals surface area contributed by atoms with Gasteiger partial charge in [0.25, 0.3) is 0 Å². The van der Waals surface area contributed by atoms with E-state index >= 15 is 0 Å². The Morgan fingerprint density at radius 1 is 0.900 bits per heavy atom. The molecule has 0 spiro atoms. The third kappa shape index (κ3) is 5.12. The van der Waals surface area contributed by atoms with Crippen LogP contribution in [0.5, 0.6) is 11.5 Å². The molecule has 0 saturated carbocycles. The van der Waals surface area contributed by atoms with Crippen molar-refractivity contribution >= 4 is 5.78 Å². The molecule has 0 saturated heterocycles. The van der Waals surface area contributed by atoms with Gasteiger partial charge in [-0.15, -0.1) is 0 Å². The fourth-order valence-corrected chi connectivity index (χ4v) is 3.35. The quantitative estimate of drug-likeness (QED) is 0.371. The molecule has 1 heterocycles. The predicted octanol–water partition coefficient (Wildman–Crippen LogP) is 6.30. The maximum absolute atomic E-state index is 13.6. The summed E-state index contributed by atoms with van der Waals surface area (Å²) in [4.78, 5) is 13.6. The van der Waals surface area contributed by atoms with Crippen LogP contribution in [0.25, 0.3) is 0 Å². The standard InChI is InChI=1S/C26H30O4/c1-5-12-28-22-15-21(16-23(17-22)29-13-6-2)26(27)25-18(3)19(4)30-24(25)14-20-10-8-7-9-11-20/h7-11,15-17H,5-6,12-14H2,1-4H3. The van der Waals surface area contributed by atoms with E-state index in [1.165, 1.54) is 0 Å². The SMILES string of the molecule is CCCOc1cc(OCCC)cc(C(=O)c2c(Cc3ccccc3)oc(C)c2C)c1. The molecule has 0 fully saturated rings. The highest BCUT2D eigenvalue weighted by atomic mass is 16.5. The van der Waals surface area contributed by atoms with E-state index in [1.54, 1.807) is 12.1 Å². The number of ketones is 1. The lowest BCUT2D eigenvalue weighted by molar-refractivity contribution is 0.103. The average molecular weight is 407 g/mol. The van der Waals surface area contributed by atoms with E-state index < -0.39 is 0 Å². The van der Waals surface area contributed by atoms with Gasteiger partial charge >= 0.3 is 0 Å². The van der Waals surface area contributed by atoms with Crippen LogP contribution in [-0.2, 0) is 6.42 Å². The van der Waals surface area contributed by atoms with Crippen molar-refractivity contribution in [3.05, 3.63) is 82.3 Å². The van der Waals surface area contributed by atoms with Crippen LogP contribution in [0.1, 0.15) is 65.3 Å². The van der Waals surface area contributed by atoms with Crippen molar-refractivity contribution in [3.63, 3.8) is 0 Å². The highest BCUT2D eigenvalue weighted by molar-refractivity contribution is 6.11. The Kier molecular flexibility index (Phi) is 7.34. The van der Waals surface area contributed by atoms with Gasteiger partial charge in [-0.25, -0.2) is 0 Å². The Morgan fingerprint density at radius 2 is 1.50 bits per heavy atom. The first-order valence-corrected chi connectivity index (χ1v) is 10.6. The van der Waals surface area contributed by atoms with Crippen LogP contribution in [0, 0.1) is 13.8 Å². The van der Waals surface area contributed by atoms with E-state index in [9.17, 15) is 4.79 Å². The fraction of sp³-hybridized carbons (Fsp3) is 0.346. The minimum absolute atomic E-state index is 0.0708. The van der Waals surface area contributed by atoms with Crippen LogP contribution in [0.3, 0.4) is 0 Å². The minimum atomic E-state index is -0.0708. The molecule has 0 unspecified atom stereocenters. The normalized spacial score (nSPS) is 10.8. The monoisotopic (exact) mass is 406 g/mol. The molecule has 0 aliphatic heterocycles. The molecule has 2 aromatic carbocycles. The summed E-state index contributed by atoms with van der Waals surface area (Å²) in [5.74, 6) is 2.69. The maximum atomic E-state index is 13.6. The van der Waals surface area contributed by atoms with Crippen LogP contribution in [0.4, 0.5) is 0 Å². The third-order valence-electron chi connectivity index (χ3n) is 4.98. The van der Waals surface area contributed by atoms with Crippen molar-refractivity contribution in [3.8, 4) is 11.5 Å². The number of furan rings is 1. The molecule has 0 bridgehead atoms. The lowest BCUT2D eigenvalue weighted by atomic mass is 9.96. The summed E-state index contributed by atoms with van der Waals surface area (Å²) in [6, 6.07) is 15.5. The zero-order valence-corrected chi connectivity index (χ0v) is 18.3. The van der Waals surface area contributed by atoms with Gasteiger partial charge < -0.3 is 13.9 Å². The smallest absolute Gasteiger partial charge is 0.197 e. The van der Waals surface area contributed by atoms with E-state index in [0.717, 1.165) is 29.7 Å². The molecular formula is C26H30O4. The second kappa shape index (κ2) is 10.1. The summed E-state index contributed by atoms with van der Waals surface area (Å²) in [7, 11) is 0. The van der Waals surface area contributed by atoms with Crippen molar-refractivity contribution < 1.29 is 18.7 Å². The molecule has 30 heavy (non-hydrogen) atoms. The first-order chi connectivity index (χ1) is 14.5. The number of benzene rings is 2. The lowest BCUT2D eigenvalue weighted by Gasteiger charge is -2.12. The first-order valence-electron chi connectivity index (χ1n) is 10.6. The Labute approximate surface area is 178 Å². The molecule has 3 aromatic rings. The molecule has 158 valence electrons. The highest BCUT2D eigenvalue weighted by Gasteiger charge is 2.23. The number of carbonyl (C=O) groups excluding carboxylic acids is 1.